The number of rotatable bonds is 4. The van der Waals surface area contributed by atoms with Gasteiger partial charge in [-0.05, 0) is 43.9 Å². The summed E-state index contributed by atoms with van der Waals surface area (Å²) in [5.74, 6) is 0.490. The van der Waals surface area contributed by atoms with Gasteiger partial charge in [0.25, 0.3) is 11.5 Å². The van der Waals surface area contributed by atoms with Gasteiger partial charge in [0.15, 0.2) is 11.6 Å². The minimum absolute atomic E-state index is 0.00185. The summed E-state index contributed by atoms with van der Waals surface area (Å²) in [7, 11) is 0. The number of aryl methyl sites for hydroxylation is 1. The zero-order valence-electron chi connectivity index (χ0n) is 13.7. The first-order chi connectivity index (χ1) is 12.1. The van der Waals surface area contributed by atoms with Gasteiger partial charge in [-0.1, -0.05) is 12.1 Å². The number of hydrogen-bond acceptors (Lipinski definition) is 5. The second-order valence-corrected chi connectivity index (χ2v) is 6.28. The highest BCUT2D eigenvalue weighted by Crippen LogP contribution is 2.39. The van der Waals surface area contributed by atoms with Crippen LogP contribution in [0.4, 0.5) is 0 Å². The van der Waals surface area contributed by atoms with Crippen LogP contribution in [-0.4, -0.2) is 25.8 Å². The van der Waals surface area contributed by atoms with Gasteiger partial charge in [0.2, 0.25) is 0 Å². The Morgan fingerprint density at radius 2 is 2.04 bits per heavy atom. The molecule has 0 radical (unpaired) electrons. The zero-order chi connectivity index (χ0) is 17.4. The molecule has 1 aliphatic carbocycles. The van der Waals surface area contributed by atoms with Crippen LogP contribution in [0.1, 0.15) is 41.0 Å². The van der Waals surface area contributed by atoms with Crippen molar-refractivity contribution in [2.24, 2.45) is 5.92 Å². The van der Waals surface area contributed by atoms with Crippen molar-refractivity contribution in [3.8, 4) is 0 Å². The Morgan fingerprint density at radius 1 is 1.24 bits per heavy atom. The third-order valence-corrected chi connectivity index (χ3v) is 4.30. The van der Waals surface area contributed by atoms with E-state index in [9.17, 15) is 9.59 Å². The molecule has 126 valence electrons. The highest BCUT2D eigenvalue weighted by atomic mass is 16.2. The molecular weight excluding hydrogens is 318 g/mol. The van der Waals surface area contributed by atoms with Crippen LogP contribution in [0.3, 0.4) is 0 Å². The fourth-order valence-electron chi connectivity index (χ4n) is 2.84. The van der Waals surface area contributed by atoms with Gasteiger partial charge >= 0.3 is 0 Å². The number of amides is 1. The van der Waals surface area contributed by atoms with Crippen molar-refractivity contribution in [1.82, 2.24) is 25.3 Å². The summed E-state index contributed by atoms with van der Waals surface area (Å²) in [6.45, 7) is 1.89. The number of para-hydroxylation sites is 1. The molecule has 0 spiro atoms. The molecule has 1 aliphatic rings. The number of aromatic amines is 1. The summed E-state index contributed by atoms with van der Waals surface area (Å²) in [5.41, 5.74) is 1.01. The summed E-state index contributed by atoms with van der Waals surface area (Å²) >= 11 is 0. The van der Waals surface area contributed by atoms with E-state index in [1.807, 2.05) is 13.0 Å². The number of aromatic nitrogens is 4. The van der Waals surface area contributed by atoms with Crippen LogP contribution in [0.25, 0.3) is 10.9 Å². The van der Waals surface area contributed by atoms with Gasteiger partial charge in [-0.2, -0.15) is 0 Å². The van der Waals surface area contributed by atoms with E-state index in [-0.39, 0.29) is 17.4 Å². The van der Waals surface area contributed by atoms with E-state index in [1.165, 1.54) is 0 Å². The quantitative estimate of drug-likeness (QED) is 0.758. The largest absolute Gasteiger partial charge is 0.339 e. The molecule has 0 bridgehead atoms. The van der Waals surface area contributed by atoms with Crippen LogP contribution >= 0.6 is 0 Å². The van der Waals surface area contributed by atoms with Crippen LogP contribution in [0, 0.1) is 12.8 Å². The SMILES string of the molecule is Cc1ccnc([C@@H](NC(=O)c2nc3ccccc3c(=O)[nH]2)C2CC2)n1. The summed E-state index contributed by atoms with van der Waals surface area (Å²) in [6, 6.07) is 8.47. The lowest BCUT2D eigenvalue weighted by molar-refractivity contribution is 0.0919. The minimum atomic E-state index is -0.426. The Balaban J connectivity index is 1.65. The lowest BCUT2D eigenvalue weighted by atomic mass is 10.1. The predicted molar refractivity (Wildman–Crippen MR) is 92.1 cm³/mol. The highest BCUT2D eigenvalue weighted by Gasteiger charge is 2.35. The molecule has 7 nitrogen and oxygen atoms in total. The van der Waals surface area contributed by atoms with Crippen molar-refractivity contribution in [2.75, 3.05) is 0 Å². The fraction of sp³-hybridized carbons (Fsp3) is 0.278. The number of carbonyl (C=O) groups is 1. The molecule has 3 aromatic rings. The minimum Gasteiger partial charge on any atom is -0.339 e. The van der Waals surface area contributed by atoms with Crippen LogP contribution < -0.4 is 10.9 Å². The van der Waals surface area contributed by atoms with Crippen molar-refractivity contribution in [3.63, 3.8) is 0 Å². The summed E-state index contributed by atoms with van der Waals surface area (Å²) < 4.78 is 0. The average molecular weight is 335 g/mol. The number of carbonyl (C=O) groups excluding carboxylic acids is 1. The Hall–Kier alpha value is -3.09. The van der Waals surface area contributed by atoms with E-state index in [2.05, 4.69) is 25.3 Å². The lowest BCUT2D eigenvalue weighted by Gasteiger charge is -2.16. The molecular formula is C18H17N5O2. The maximum Gasteiger partial charge on any atom is 0.287 e. The molecule has 1 fully saturated rings. The predicted octanol–water partition coefficient (Wildman–Crippen LogP) is 1.90. The van der Waals surface area contributed by atoms with Gasteiger partial charge < -0.3 is 10.3 Å². The molecule has 4 rings (SSSR count). The first-order valence-corrected chi connectivity index (χ1v) is 8.21. The van der Waals surface area contributed by atoms with Crippen molar-refractivity contribution < 1.29 is 4.79 Å². The molecule has 1 amide bonds. The van der Waals surface area contributed by atoms with E-state index in [1.54, 1.807) is 30.5 Å². The Kier molecular flexibility index (Phi) is 3.76. The van der Waals surface area contributed by atoms with Gasteiger partial charge in [0.05, 0.1) is 16.9 Å². The molecule has 0 unspecified atom stereocenters. The number of fused-ring (bicyclic) bond motifs is 1. The summed E-state index contributed by atoms with van der Waals surface area (Å²) in [4.78, 5) is 40.4. The third-order valence-electron chi connectivity index (χ3n) is 4.30. The van der Waals surface area contributed by atoms with Crippen molar-refractivity contribution >= 4 is 16.8 Å². The van der Waals surface area contributed by atoms with Crippen molar-refractivity contribution in [1.29, 1.82) is 0 Å². The van der Waals surface area contributed by atoms with Gasteiger partial charge in [-0.25, -0.2) is 15.0 Å². The van der Waals surface area contributed by atoms with Crippen LogP contribution in [0.15, 0.2) is 41.3 Å². The highest BCUT2D eigenvalue weighted by molar-refractivity contribution is 5.92. The van der Waals surface area contributed by atoms with Crippen LogP contribution in [0.5, 0.6) is 0 Å². The summed E-state index contributed by atoms with van der Waals surface area (Å²) in [5, 5.41) is 3.39. The molecule has 0 aliphatic heterocycles. The smallest absolute Gasteiger partial charge is 0.287 e. The molecule has 25 heavy (non-hydrogen) atoms. The molecule has 2 heterocycles. The molecule has 2 aromatic heterocycles. The van der Waals surface area contributed by atoms with Crippen LogP contribution in [0.2, 0.25) is 0 Å². The zero-order valence-corrected chi connectivity index (χ0v) is 13.7. The number of nitrogens with zero attached hydrogens (tertiary/aromatic N) is 3. The standard InChI is InChI=1S/C18H17N5O2/c1-10-8-9-19-15(20-10)14(11-6-7-11)22-18(25)16-21-13-5-3-2-4-12(13)17(24)23-16/h2-5,8-9,11,14H,6-7H2,1H3,(H,22,25)(H,21,23,24)/t14-/m0/s1. The van der Waals surface area contributed by atoms with E-state index < -0.39 is 5.91 Å². The normalized spacial score (nSPS) is 15.1. The molecule has 7 heteroatoms. The Labute approximate surface area is 143 Å². The number of H-pyrrole nitrogens is 1. The monoisotopic (exact) mass is 335 g/mol. The third kappa shape index (κ3) is 3.13. The molecule has 0 saturated heterocycles. The van der Waals surface area contributed by atoms with E-state index >= 15 is 0 Å². The molecule has 1 aromatic carbocycles. The molecule has 2 N–H and O–H groups in total. The Morgan fingerprint density at radius 3 is 2.80 bits per heavy atom. The second kappa shape index (κ2) is 6.08. The molecule has 1 saturated carbocycles. The van der Waals surface area contributed by atoms with Gasteiger partial charge in [0, 0.05) is 11.9 Å². The maximum absolute atomic E-state index is 12.6. The van der Waals surface area contributed by atoms with Crippen molar-refractivity contribution in [3.05, 3.63) is 64.2 Å². The van der Waals surface area contributed by atoms with Crippen molar-refractivity contribution in [2.45, 2.75) is 25.8 Å². The second-order valence-electron chi connectivity index (χ2n) is 6.28. The first-order valence-electron chi connectivity index (χ1n) is 8.21. The Bertz CT molecular complexity index is 1010. The average Bonchev–Trinajstić information content (AvgIpc) is 3.44. The fourth-order valence-corrected chi connectivity index (χ4v) is 2.84. The van der Waals surface area contributed by atoms with Gasteiger partial charge in [-0.15, -0.1) is 0 Å². The topological polar surface area (TPSA) is 101 Å². The van der Waals surface area contributed by atoms with E-state index in [0.29, 0.717) is 22.6 Å². The number of nitrogens with one attached hydrogen (secondary N) is 2. The van der Waals surface area contributed by atoms with E-state index in [4.69, 9.17) is 0 Å². The number of benzene rings is 1. The lowest BCUT2D eigenvalue weighted by Crippen LogP contribution is -2.33. The first kappa shape index (κ1) is 15.4. The maximum atomic E-state index is 12.6. The van der Waals surface area contributed by atoms with Gasteiger partial charge in [0.1, 0.15) is 0 Å². The van der Waals surface area contributed by atoms with Gasteiger partial charge in [-0.3, -0.25) is 9.59 Å². The summed E-state index contributed by atoms with van der Waals surface area (Å²) in [6.07, 6.45) is 3.73. The molecule has 1 atom stereocenters. The number of hydrogen-bond donors (Lipinski definition) is 2. The van der Waals surface area contributed by atoms with E-state index in [0.717, 1.165) is 18.5 Å². The van der Waals surface area contributed by atoms with Crippen LogP contribution in [-0.2, 0) is 0 Å².